The van der Waals surface area contributed by atoms with Gasteiger partial charge in [-0.1, -0.05) is 6.92 Å². The number of ether oxygens (including phenoxy) is 1. The van der Waals surface area contributed by atoms with Crippen molar-refractivity contribution in [3.05, 3.63) is 0 Å². The Labute approximate surface area is 90.9 Å². The number of nitrogens with two attached hydrogens (primary N) is 1. The van der Waals surface area contributed by atoms with Gasteiger partial charge in [0.25, 0.3) is 0 Å². The molecule has 0 radical (unpaired) electrons. The van der Waals surface area contributed by atoms with Crippen LogP contribution in [0.15, 0.2) is 0 Å². The van der Waals surface area contributed by atoms with Gasteiger partial charge in [0.2, 0.25) is 5.91 Å². The summed E-state index contributed by atoms with van der Waals surface area (Å²) in [6, 6.07) is -0.397. The van der Waals surface area contributed by atoms with Crippen LogP contribution in [0.2, 0.25) is 0 Å². The molecule has 5 heteroatoms. The third-order valence-electron chi connectivity index (χ3n) is 2.62. The molecule has 0 aromatic carbocycles. The highest BCUT2D eigenvalue weighted by molar-refractivity contribution is 5.81. The lowest BCUT2D eigenvalue weighted by molar-refractivity contribution is -0.123. The maximum atomic E-state index is 11.4. The zero-order chi connectivity index (χ0) is 11.3. The minimum absolute atomic E-state index is 0.0886. The Hall–Kier alpha value is -0.650. The summed E-state index contributed by atoms with van der Waals surface area (Å²) in [6.45, 7) is 5.00. The minimum Gasteiger partial charge on any atom is -0.374 e. The zero-order valence-corrected chi connectivity index (χ0v) is 9.53. The van der Waals surface area contributed by atoms with Gasteiger partial charge in [-0.3, -0.25) is 4.79 Å². The van der Waals surface area contributed by atoms with Gasteiger partial charge in [-0.15, -0.1) is 0 Å². The Kier molecular flexibility index (Phi) is 5.01. The van der Waals surface area contributed by atoms with Crippen LogP contribution in [0.4, 0.5) is 0 Å². The van der Waals surface area contributed by atoms with Gasteiger partial charge in [0, 0.05) is 19.6 Å². The summed E-state index contributed by atoms with van der Waals surface area (Å²) in [5.74, 6) is -0.0886. The third kappa shape index (κ3) is 4.15. The van der Waals surface area contributed by atoms with Crippen molar-refractivity contribution in [2.75, 3.05) is 33.3 Å². The molecule has 1 rings (SSSR count). The van der Waals surface area contributed by atoms with Gasteiger partial charge < -0.3 is 20.7 Å². The SMILES string of the molecule is CCC(N)C(=O)NCC1CN(C)CCO1. The first-order chi connectivity index (χ1) is 7.13. The van der Waals surface area contributed by atoms with Crippen LogP contribution in [0.25, 0.3) is 0 Å². The van der Waals surface area contributed by atoms with E-state index in [0.29, 0.717) is 13.0 Å². The van der Waals surface area contributed by atoms with E-state index in [9.17, 15) is 4.79 Å². The number of amides is 1. The fourth-order valence-corrected chi connectivity index (χ4v) is 1.52. The number of hydrogen-bond acceptors (Lipinski definition) is 4. The van der Waals surface area contributed by atoms with Crippen molar-refractivity contribution >= 4 is 5.91 Å². The molecule has 5 nitrogen and oxygen atoms in total. The van der Waals surface area contributed by atoms with E-state index < -0.39 is 6.04 Å². The molecule has 2 unspecified atom stereocenters. The van der Waals surface area contributed by atoms with E-state index in [1.54, 1.807) is 0 Å². The molecule has 1 amide bonds. The fourth-order valence-electron chi connectivity index (χ4n) is 1.52. The second kappa shape index (κ2) is 6.05. The lowest BCUT2D eigenvalue weighted by atomic mass is 10.2. The van der Waals surface area contributed by atoms with E-state index >= 15 is 0 Å². The van der Waals surface area contributed by atoms with Crippen LogP contribution in [-0.2, 0) is 9.53 Å². The molecule has 2 atom stereocenters. The summed E-state index contributed by atoms with van der Waals surface area (Å²) >= 11 is 0. The summed E-state index contributed by atoms with van der Waals surface area (Å²) in [4.78, 5) is 13.6. The second-order valence-electron chi connectivity index (χ2n) is 4.01. The number of likely N-dealkylation sites (N-methyl/N-ethyl adjacent to an activating group) is 1. The first-order valence-corrected chi connectivity index (χ1v) is 5.47. The van der Waals surface area contributed by atoms with Gasteiger partial charge >= 0.3 is 0 Å². The quantitative estimate of drug-likeness (QED) is 0.642. The first kappa shape index (κ1) is 12.4. The Balaban J connectivity index is 2.21. The van der Waals surface area contributed by atoms with Crippen molar-refractivity contribution < 1.29 is 9.53 Å². The number of carbonyl (C=O) groups excluding carboxylic acids is 1. The molecule has 15 heavy (non-hydrogen) atoms. The largest absolute Gasteiger partial charge is 0.374 e. The summed E-state index contributed by atoms with van der Waals surface area (Å²) in [6.07, 6.45) is 0.758. The van der Waals surface area contributed by atoms with E-state index in [1.165, 1.54) is 0 Å². The van der Waals surface area contributed by atoms with Gasteiger partial charge in [-0.2, -0.15) is 0 Å². The molecular weight excluding hydrogens is 194 g/mol. The number of hydrogen-bond donors (Lipinski definition) is 2. The average Bonchev–Trinajstić information content (AvgIpc) is 2.25. The molecule has 0 bridgehead atoms. The highest BCUT2D eigenvalue weighted by atomic mass is 16.5. The molecule has 0 aliphatic carbocycles. The van der Waals surface area contributed by atoms with E-state index in [-0.39, 0.29) is 12.0 Å². The predicted octanol–water partition coefficient (Wildman–Crippen LogP) is -0.829. The Morgan fingerprint density at radius 3 is 3.07 bits per heavy atom. The smallest absolute Gasteiger partial charge is 0.236 e. The number of nitrogens with one attached hydrogen (secondary N) is 1. The van der Waals surface area contributed by atoms with Crippen molar-refractivity contribution in [1.29, 1.82) is 0 Å². The van der Waals surface area contributed by atoms with Crippen LogP contribution >= 0.6 is 0 Å². The van der Waals surface area contributed by atoms with Crippen molar-refractivity contribution in [3.63, 3.8) is 0 Å². The Bertz CT molecular complexity index is 211. The van der Waals surface area contributed by atoms with Crippen LogP contribution in [-0.4, -0.2) is 56.2 Å². The summed E-state index contributed by atoms with van der Waals surface area (Å²) in [5.41, 5.74) is 5.60. The molecule has 1 saturated heterocycles. The molecule has 1 fully saturated rings. The number of nitrogens with zero attached hydrogens (tertiary/aromatic N) is 1. The van der Waals surface area contributed by atoms with Crippen molar-refractivity contribution in [2.45, 2.75) is 25.5 Å². The molecular formula is C10H21N3O2. The Morgan fingerprint density at radius 1 is 1.73 bits per heavy atom. The predicted molar refractivity (Wildman–Crippen MR) is 58.5 cm³/mol. The molecule has 1 aliphatic rings. The molecule has 1 heterocycles. The van der Waals surface area contributed by atoms with Crippen LogP contribution in [0, 0.1) is 0 Å². The molecule has 0 spiro atoms. The van der Waals surface area contributed by atoms with E-state index in [2.05, 4.69) is 17.3 Å². The van der Waals surface area contributed by atoms with Crippen LogP contribution < -0.4 is 11.1 Å². The van der Waals surface area contributed by atoms with Crippen LogP contribution in [0.5, 0.6) is 0 Å². The molecule has 0 aromatic rings. The number of morpholine rings is 1. The monoisotopic (exact) mass is 215 g/mol. The fraction of sp³-hybridized carbons (Fsp3) is 0.900. The normalized spacial score (nSPS) is 24.9. The number of carbonyl (C=O) groups is 1. The molecule has 0 saturated carbocycles. The van der Waals surface area contributed by atoms with E-state index in [0.717, 1.165) is 19.7 Å². The highest BCUT2D eigenvalue weighted by Gasteiger charge is 2.19. The lowest BCUT2D eigenvalue weighted by Gasteiger charge is -2.30. The van der Waals surface area contributed by atoms with Gasteiger partial charge in [-0.25, -0.2) is 0 Å². The maximum Gasteiger partial charge on any atom is 0.236 e. The third-order valence-corrected chi connectivity index (χ3v) is 2.62. The van der Waals surface area contributed by atoms with E-state index in [4.69, 9.17) is 10.5 Å². The topological polar surface area (TPSA) is 67.6 Å². The minimum atomic E-state index is -0.397. The lowest BCUT2D eigenvalue weighted by Crippen LogP contribution is -2.48. The zero-order valence-electron chi connectivity index (χ0n) is 9.53. The highest BCUT2D eigenvalue weighted by Crippen LogP contribution is 2.01. The number of rotatable bonds is 4. The van der Waals surface area contributed by atoms with Gasteiger partial charge in [0.15, 0.2) is 0 Å². The van der Waals surface area contributed by atoms with Gasteiger partial charge in [-0.05, 0) is 13.5 Å². The average molecular weight is 215 g/mol. The standard InChI is InChI=1S/C10H21N3O2/c1-3-9(11)10(14)12-6-8-7-13(2)4-5-15-8/h8-9H,3-7,11H2,1-2H3,(H,12,14). The maximum absolute atomic E-state index is 11.4. The summed E-state index contributed by atoms with van der Waals surface area (Å²) in [7, 11) is 2.05. The van der Waals surface area contributed by atoms with Crippen molar-refractivity contribution in [1.82, 2.24) is 10.2 Å². The van der Waals surface area contributed by atoms with Gasteiger partial charge in [0.1, 0.15) is 0 Å². The van der Waals surface area contributed by atoms with E-state index in [1.807, 2.05) is 6.92 Å². The second-order valence-corrected chi connectivity index (χ2v) is 4.01. The van der Waals surface area contributed by atoms with Crippen molar-refractivity contribution in [3.8, 4) is 0 Å². The summed E-state index contributed by atoms with van der Waals surface area (Å²) < 4.78 is 5.51. The van der Waals surface area contributed by atoms with Crippen LogP contribution in [0.1, 0.15) is 13.3 Å². The first-order valence-electron chi connectivity index (χ1n) is 5.47. The molecule has 3 N–H and O–H groups in total. The Morgan fingerprint density at radius 2 is 2.47 bits per heavy atom. The molecule has 0 aromatic heterocycles. The molecule has 88 valence electrons. The van der Waals surface area contributed by atoms with Crippen LogP contribution in [0.3, 0.4) is 0 Å². The van der Waals surface area contributed by atoms with Gasteiger partial charge in [0.05, 0.1) is 18.8 Å². The molecule has 1 aliphatic heterocycles. The van der Waals surface area contributed by atoms with Crippen molar-refractivity contribution in [2.24, 2.45) is 5.73 Å². The summed E-state index contributed by atoms with van der Waals surface area (Å²) in [5, 5.41) is 2.81.